The van der Waals surface area contributed by atoms with Gasteiger partial charge in [-0.3, -0.25) is 0 Å². The van der Waals surface area contributed by atoms with Gasteiger partial charge in [0.25, 0.3) is 0 Å². The van der Waals surface area contributed by atoms with Crippen molar-refractivity contribution in [2.75, 3.05) is 0 Å². The summed E-state index contributed by atoms with van der Waals surface area (Å²) in [6.45, 7) is 6.56. The van der Waals surface area contributed by atoms with E-state index in [2.05, 4.69) is 44.0 Å². The fourth-order valence-electron chi connectivity index (χ4n) is 3.31. The summed E-state index contributed by atoms with van der Waals surface area (Å²) in [7, 11) is 0. The van der Waals surface area contributed by atoms with Crippen LogP contribution in [0.15, 0.2) is 48.7 Å². The zero-order chi connectivity index (χ0) is 16.7. The van der Waals surface area contributed by atoms with E-state index in [4.69, 9.17) is 10.1 Å². The molecule has 0 N–H and O–H groups in total. The van der Waals surface area contributed by atoms with Crippen LogP contribution in [-0.2, 0) is 6.42 Å². The first kappa shape index (κ1) is 14.8. The summed E-state index contributed by atoms with van der Waals surface area (Å²) in [5.74, 6) is 1.37. The molecule has 0 radical (unpaired) electrons. The predicted octanol–water partition coefficient (Wildman–Crippen LogP) is 4.48. The third-order valence-corrected chi connectivity index (χ3v) is 4.27. The Balaban J connectivity index is 2.11. The Labute approximate surface area is 141 Å². The summed E-state index contributed by atoms with van der Waals surface area (Å²) in [6, 6.07) is 14.2. The van der Waals surface area contributed by atoms with Gasteiger partial charge in [0, 0.05) is 17.0 Å². The van der Waals surface area contributed by atoms with Crippen LogP contribution in [0.3, 0.4) is 0 Å². The molecule has 0 aliphatic carbocycles. The lowest BCUT2D eigenvalue weighted by atomic mass is 9.96. The summed E-state index contributed by atoms with van der Waals surface area (Å²) >= 11 is 0. The van der Waals surface area contributed by atoms with Gasteiger partial charge in [-0.15, -0.1) is 0 Å². The molecule has 4 nitrogen and oxygen atoms in total. The number of hydrogen-bond donors (Lipinski definition) is 0. The fraction of sp³-hybridized carbons (Fsp3) is 0.250. The molecule has 0 saturated carbocycles. The molecule has 0 unspecified atom stereocenters. The normalized spacial score (nSPS) is 11.7. The third-order valence-electron chi connectivity index (χ3n) is 4.27. The van der Waals surface area contributed by atoms with Gasteiger partial charge in [0.05, 0.1) is 11.2 Å². The Hall–Kier alpha value is -2.75. The SMILES string of the molecule is Cc1nn(-c2ccccn2)c2nc3ccccc3c(CC(C)C)c12. The van der Waals surface area contributed by atoms with Crippen molar-refractivity contribution in [3.05, 3.63) is 59.9 Å². The average molecular weight is 316 g/mol. The number of aromatic nitrogens is 4. The molecule has 24 heavy (non-hydrogen) atoms. The van der Waals surface area contributed by atoms with Crippen LogP contribution >= 0.6 is 0 Å². The molecule has 1 aromatic carbocycles. The quantitative estimate of drug-likeness (QED) is 0.560. The Morgan fingerprint density at radius 3 is 2.58 bits per heavy atom. The minimum absolute atomic E-state index is 0.566. The van der Waals surface area contributed by atoms with Crippen LogP contribution in [-0.4, -0.2) is 19.7 Å². The first-order valence-corrected chi connectivity index (χ1v) is 8.33. The van der Waals surface area contributed by atoms with Crippen LogP contribution in [0, 0.1) is 12.8 Å². The summed E-state index contributed by atoms with van der Waals surface area (Å²) in [4.78, 5) is 9.35. The molecule has 0 aliphatic rings. The summed E-state index contributed by atoms with van der Waals surface area (Å²) in [5.41, 5.74) is 4.24. The number of aryl methyl sites for hydroxylation is 1. The van der Waals surface area contributed by atoms with Crippen molar-refractivity contribution in [1.29, 1.82) is 0 Å². The van der Waals surface area contributed by atoms with E-state index in [1.165, 1.54) is 10.9 Å². The van der Waals surface area contributed by atoms with Crippen molar-refractivity contribution < 1.29 is 0 Å². The maximum Gasteiger partial charge on any atom is 0.165 e. The largest absolute Gasteiger partial charge is 0.237 e. The molecule has 0 bridgehead atoms. The molecule has 4 aromatic rings. The van der Waals surface area contributed by atoms with Crippen molar-refractivity contribution in [3.8, 4) is 5.82 Å². The molecule has 0 aliphatic heterocycles. The van der Waals surface area contributed by atoms with E-state index < -0.39 is 0 Å². The van der Waals surface area contributed by atoms with Gasteiger partial charge in [-0.2, -0.15) is 9.78 Å². The monoisotopic (exact) mass is 316 g/mol. The summed E-state index contributed by atoms with van der Waals surface area (Å²) in [5, 5.41) is 7.13. The lowest BCUT2D eigenvalue weighted by Crippen LogP contribution is -2.02. The smallest absolute Gasteiger partial charge is 0.165 e. The zero-order valence-electron chi connectivity index (χ0n) is 14.2. The van der Waals surface area contributed by atoms with Gasteiger partial charge >= 0.3 is 0 Å². The molecular formula is C20H20N4. The van der Waals surface area contributed by atoms with E-state index in [1.807, 2.05) is 28.9 Å². The molecular weight excluding hydrogens is 296 g/mol. The van der Waals surface area contributed by atoms with Crippen LogP contribution < -0.4 is 0 Å². The molecule has 120 valence electrons. The van der Waals surface area contributed by atoms with Crippen LogP contribution in [0.1, 0.15) is 25.1 Å². The van der Waals surface area contributed by atoms with Crippen molar-refractivity contribution in [2.45, 2.75) is 27.2 Å². The molecule has 4 heteroatoms. The standard InChI is InChI=1S/C20H20N4/c1-13(2)12-16-15-8-4-5-9-17(15)22-20-19(16)14(3)23-24(20)18-10-6-7-11-21-18/h4-11,13H,12H2,1-3H3. The van der Waals surface area contributed by atoms with Crippen molar-refractivity contribution in [3.63, 3.8) is 0 Å². The van der Waals surface area contributed by atoms with Gasteiger partial charge in [0.15, 0.2) is 11.5 Å². The number of para-hydroxylation sites is 1. The van der Waals surface area contributed by atoms with E-state index >= 15 is 0 Å². The fourth-order valence-corrected chi connectivity index (χ4v) is 3.31. The Kier molecular flexibility index (Phi) is 3.53. The van der Waals surface area contributed by atoms with Crippen LogP contribution in [0.5, 0.6) is 0 Å². The van der Waals surface area contributed by atoms with Gasteiger partial charge in [-0.1, -0.05) is 38.1 Å². The van der Waals surface area contributed by atoms with Gasteiger partial charge in [0.2, 0.25) is 0 Å². The topological polar surface area (TPSA) is 43.6 Å². The van der Waals surface area contributed by atoms with E-state index in [9.17, 15) is 0 Å². The molecule has 0 amide bonds. The molecule has 4 rings (SSSR count). The lowest BCUT2D eigenvalue weighted by molar-refractivity contribution is 0.652. The van der Waals surface area contributed by atoms with E-state index in [1.54, 1.807) is 6.20 Å². The number of nitrogens with zero attached hydrogens (tertiary/aromatic N) is 4. The minimum atomic E-state index is 0.566. The van der Waals surface area contributed by atoms with Gasteiger partial charge in [0.1, 0.15) is 0 Å². The van der Waals surface area contributed by atoms with Crippen molar-refractivity contribution in [1.82, 2.24) is 19.7 Å². The second-order valence-corrected chi connectivity index (χ2v) is 6.59. The highest BCUT2D eigenvalue weighted by Gasteiger charge is 2.18. The third kappa shape index (κ3) is 2.35. The van der Waals surface area contributed by atoms with Crippen LogP contribution in [0.2, 0.25) is 0 Å². The number of pyridine rings is 2. The predicted molar refractivity (Wildman–Crippen MR) is 97.4 cm³/mol. The summed E-state index contributed by atoms with van der Waals surface area (Å²) < 4.78 is 1.86. The minimum Gasteiger partial charge on any atom is -0.237 e. The Morgan fingerprint density at radius 2 is 1.83 bits per heavy atom. The molecule has 0 fully saturated rings. The highest BCUT2D eigenvalue weighted by atomic mass is 15.3. The molecule has 0 spiro atoms. The molecule has 0 saturated heterocycles. The lowest BCUT2D eigenvalue weighted by Gasteiger charge is -2.11. The number of benzene rings is 1. The van der Waals surface area contributed by atoms with Crippen LogP contribution in [0.4, 0.5) is 0 Å². The van der Waals surface area contributed by atoms with Gasteiger partial charge < -0.3 is 0 Å². The van der Waals surface area contributed by atoms with E-state index in [-0.39, 0.29) is 0 Å². The van der Waals surface area contributed by atoms with Crippen molar-refractivity contribution >= 4 is 21.9 Å². The highest BCUT2D eigenvalue weighted by molar-refractivity contribution is 5.97. The first-order valence-electron chi connectivity index (χ1n) is 8.33. The van der Waals surface area contributed by atoms with Gasteiger partial charge in [-0.25, -0.2) is 9.97 Å². The second kappa shape index (κ2) is 5.71. The Bertz CT molecular complexity index is 1020. The molecule has 0 atom stereocenters. The number of rotatable bonds is 3. The van der Waals surface area contributed by atoms with Crippen LogP contribution in [0.25, 0.3) is 27.8 Å². The van der Waals surface area contributed by atoms with Crippen molar-refractivity contribution in [2.24, 2.45) is 5.92 Å². The highest BCUT2D eigenvalue weighted by Crippen LogP contribution is 2.31. The van der Waals surface area contributed by atoms with E-state index in [0.717, 1.165) is 34.5 Å². The maximum atomic E-state index is 4.90. The first-order chi connectivity index (χ1) is 11.6. The van der Waals surface area contributed by atoms with Gasteiger partial charge in [-0.05, 0) is 43.0 Å². The number of fused-ring (bicyclic) bond motifs is 2. The second-order valence-electron chi connectivity index (χ2n) is 6.59. The maximum absolute atomic E-state index is 4.90. The average Bonchev–Trinajstić information content (AvgIpc) is 2.92. The summed E-state index contributed by atoms with van der Waals surface area (Å²) in [6.07, 6.45) is 2.79. The number of hydrogen-bond acceptors (Lipinski definition) is 3. The Morgan fingerprint density at radius 1 is 1.04 bits per heavy atom. The van der Waals surface area contributed by atoms with E-state index in [0.29, 0.717) is 5.92 Å². The zero-order valence-corrected chi connectivity index (χ0v) is 14.2. The molecule has 3 heterocycles. The molecule has 3 aromatic heterocycles.